The number of likely N-dealkylation sites (N-methyl/N-ethyl adjacent to an activating group) is 1. The fourth-order valence-corrected chi connectivity index (χ4v) is 4.92. The number of nitrogens with zero attached hydrogens (tertiary/aromatic N) is 1. The summed E-state index contributed by atoms with van der Waals surface area (Å²) in [6, 6.07) is 13.2. The molecule has 4 heteroatoms. The van der Waals surface area contributed by atoms with E-state index in [9.17, 15) is 0 Å². The molecule has 0 fully saturated rings. The van der Waals surface area contributed by atoms with Gasteiger partial charge in [0, 0.05) is 18.7 Å². The lowest BCUT2D eigenvalue weighted by atomic mass is 9.82. The predicted octanol–water partition coefficient (Wildman–Crippen LogP) is 4.83. The van der Waals surface area contributed by atoms with Crippen molar-refractivity contribution in [1.29, 1.82) is 0 Å². The Kier molecular flexibility index (Phi) is 5.41. The molecule has 3 nitrogen and oxygen atoms in total. The van der Waals surface area contributed by atoms with Crippen LogP contribution in [0.5, 0.6) is 11.5 Å². The summed E-state index contributed by atoms with van der Waals surface area (Å²) in [7, 11) is 4.03. The maximum absolute atomic E-state index is 5.58. The molecule has 1 unspecified atom stereocenters. The Morgan fingerprint density at radius 2 is 2.19 bits per heavy atom. The molecular formula is C22H27NO2S. The Bertz CT molecular complexity index is 777. The zero-order chi connectivity index (χ0) is 17.9. The van der Waals surface area contributed by atoms with Crippen molar-refractivity contribution in [3.05, 3.63) is 58.7 Å². The first-order valence-electron chi connectivity index (χ1n) is 9.50. The van der Waals surface area contributed by atoms with E-state index in [-0.39, 0.29) is 0 Å². The minimum Gasteiger partial charge on any atom is -0.496 e. The minimum absolute atomic E-state index is 0.615. The van der Waals surface area contributed by atoms with Gasteiger partial charge in [0.2, 0.25) is 0 Å². The highest BCUT2D eigenvalue weighted by Gasteiger charge is 2.23. The summed E-state index contributed by atoms with van der Waals surface area (Å²) in [5.41, 5.74) is 5.67. The van der Waals surface area contributed by atoms with Crippen molar-refractivity contribution in [3.8, 4) is 11.5 Å². The van der Waals surface area contributed by atoms with Crippen molar-refractivity contribution in [1.82, 2.24) is 4.90 Å². The highest BCUT2D eigenvalue weighted by molar-refractivity contribution is 7.94. The van der Waals surface area contributed by atoms with Crippen LogP contribution < -0.4 is 8.92 Å². The second-order valence-corrected chi connectivity index (χ2v) is 8.11. The molecule has 0 radical (unpaired) electrons. The van der Waals surface area contributed by atoms with Crippen LogP contribution in [0.25, 0.3) is 0 Å². The quantitative estimate of drug-likeness (QED) is 0.680. The summed E-state index contributed by atoms with van der Waals surface area (Å²) in [4.78, 5) is 2.48. The Labute approximate surface area is 160 Å². The molecule has 1 aliphatic carbocycles. The van der Waals surface area contributed by atoms with Crippen LogP contribution in [0.2, 0.25) is 0 Å². The lowest BCUT2D eigenvalue weighted by Gasteiger charge is -2.30. The molecule has 2 aromatic carbocycles. The molecule has 0 bridgehead atoms. The molecule has 1 aliphatic heterocycles. The second-order valence-electron chi connectivity index (χ2n) is 7.42. The van der Waals surface area contributed by atoms with Gasteiger partial charge in [0.15, 0.2) is 0 Å². The zero-order valence-electron chi connectivity index (χ0n) is 15.7. The number of benzene rings is 2. The largest absolute Gasteiger partial charge is 0.496 e. The third kappa shape index (κ3) is 3.72. The molecule has 4 rings (SSSR count). The molecule has 1 heterocycles. The third-order valence-corrected chi connectivity index (χ3v) is 6.34. The van der Waals surface area contributed by atoms with Crippen molar-refractivity contribution < 1.29 is 8.92 Å². The molecule has 0 saturated carbocycles. The monoisotopic (exact) mass is 369 g/mol. The number of methoxy groups -OCH3 is 1. The molecule has 1 atom stereocenters. The van der Waals surface area contributed by atoms with Gasteiger partial charge in [-0.1, -0.05) is 24.3 Å². The summed E-state index contributed by atoms with van der Waals surface area (Å²) in [6.07, 6.45) is 4.77. The van der Waals surface area contributed by atoms with Gasteiger partial charge in [0.05, 0.1) is 24.9 Å². The summed E-state index contributed by atoms with van der Waals surface area (Å²) in [5, 5.41) is 0. The van der Waals surface area contributed by atoms with Gasteiger partial charge in [-0.05, 0) is 67.5 Å². The number of hydrogen-bond donors (Lipinski definition) is 0. The van der Waals surface area contributed by atoms with Gasteiger partial charge in [-0.25, -0.2) is 0 Å². The number of hydrogen-bond acceptors (Lipinski definition) is 4. The van der Waals surface area contributed by atoms with Crippen LogP contribution in [0.4, 0.5) is 0 Å². The SMILES string of the molecule is COc1cccc2c1CCCC2CN(C)CCc1ccc2c(c1)CSO2. The molecule has 2 aliphatic rings. The van der Waals surface area contributed by atoms with E-state index in [4.69, 9.17) is 8.92 Å². The van der Waals surface area contributed by atoms with Crippen LogP contribution in [0, 0.1) is 0 Å². The normalized spacial score (nSPS) is 18.3. The first-order chi connectivity index (χ1) is 12.7. The smallest absolute Gasteiger partial charge is 0.141 e. The van der Waals surface area contributed by atoms with Gasteiger partial charge in [-0.2, -0.15) is 0 Å². The van der Waals surface area contributed by atoms with Crippen LogP contribution >= 0.6 is 12.0 Å². The number of fused-ring (bicyclic) bond motifs is 2. The van der Waals surface area contributed by atoms with Crippen LogP contribution in [-0.4, -0.2) is 32.1 Å². The maximum atomic E-state index is 5.58. The van der Waals surface area contributed by atoms with E-state index in [1.807, 2.05) is 0 Å². The molecular weight excluding hydrogens is 342 g/mol. The molecule has 0 saturated heterocycles. The minimum atomic E-state index is 0.615. The summed E-state index contributed by atoms with van der Waals surface area (Å²) in [6.45, 7) is 2.20. The maximum Gasteiger partial charge on any atom is 0.141 e. The summed E-state index contributed by atoms with van der Waals surface area (Å²) >= 11 is 1.54. The second kappa shape index (κ2) is 7.93. The molecule has 0 amide bonds. The highest BCUT2D eigenvalue weighted by atomic mass is 32.2. The summed E-state index contributed by atoms with van der Waals surface area (Å²) < 4.78 is 11.1. The standard InChI is InChI=1S/C22H27NO2S/c1-23(12-11-16-9-10-21-18(13-16)15-26-25-21)14-17-5-3-7-20-19(17)6-4-8-22(20)24-2/h4,6,8-10,13,17H,3,5,7,11-12,14-15H2,1-2H3. The Hall–Kier alpha value is -1.65. The van der Waals surface area contributed by atoms with Gasteiger partial charge in [-0.15, -0.1) is 0 Å². The molecule has 26 heavy (non-hydrogen) atoms. The molecule has 0 aromatic heterocycles. The van der Waals surface area contributed by atoms with Crippen molar-refractivity contribution in [2.45, 2.75) is 37.4 Å². The number of ether oxygens (including phenoxy) is 1. The van der Waals surface area contributed by atoms with Gasteiger partial charge in [0.1, 0.15) is 11.5 Å². The van der Waals surface area contributed by atoms with Crippen LogP contribution in [0.15, 0.2) is 36.4 Å². The van der Waals surface area contributed by atoms with E-state index >= 15 is 0 Å². The lowest BCUT2D eigenvalue weighted by molar-refractivity contribution is 0.299. The van der Waals surface area contributed by atoms with Gasteiger partial charge >= 0.3 is 0 Å². The first kappa shape index (κ1) is 17.7. The van der Waals surface area contributed by atoms with E-state index in [0.717, 1.165) is 43.2 Å². The van der Waals surface area contributed by atoms with Crippen molar-refractivity contribution >= 4 is 12.0 Å². The van der Waals surface area contributed by atoms with E-state index in [1.165, 1.54) is 47.1 Å². The average Bonchev–Trinajstić information content (AvgIpc) is 3.14. The molecule has 0 spiro atoms. The van der Waals surface area contributed by atoms with Crippen molar-refractivity contribution in [2.24, 2.45) is 0 Å². The Balaban J connectivity index is 1.38. The van der Waals surface area contributed by atoms with Gasteiger partial charge < -0.3 is 13.8 Å². The highest BCUT2D eigenvalue weighted by Crippen LogP contribution is 2.37. The summed E-state index contributed by atoms with van der Waals surface area (Å²) in [5.74, 6) is 3.69. The Morgan fingerprint density at radius 3 is 3.08 bits per heavy atom. The van der Waals surface area contributed by atoms with E-state index in [0.29, 0.717) is 5.92 Å². The van der Waals surface area contributed by atoms with Crippen molar-refractivity contribution in [3.63, 3.8) is 0 Å². The van der Waals surface area contributed by atoms with Gasteiger partial charge in [-0.3, -0.25) is 0 Å². The van der Waals surface area contributed by atoms with E-state index < -0.39 is 0 Å². The van der Waals surface area contributed by atoms with Crippen LogP contribution in [0.1, 0.15) is 41.0 Å². The average molecular weight is 370 g/mol. The molecule has 0 N–H and O–H groups in total. The fourth-order valence-electron chi connectivity index (χ4n) is 4.22. The fraction of sp³-hybridized carbons (Fsp3) is 0.455. The Morgan fingerprint density at radius 1 is 1.27 bits per heavy atom. The predicted molar refractivity (Wildman–Crippen MR) is 108 cm³/mol. The first-order valence-corrected chi connectivity index (χ1v) is 10.4. The zero-order valence-corrected chi connectivity index (χ0v) is 16.5. The molecule has 138 valence electrons. The topological polar surface area (TPSA) is 21.7 Å². The van der Waals surface area contributed by atoms with Crippen LogP contribution in [-0.2, 0) is 18.6 Å². The third-order valence-electron chi connectivity index (χ3n) is 5.61. The van der Waals surface area contributed by atoms with Crippen molar-refractivity contribution in [2.75, 3.05) is 27.2 Å². The lowest BCUT2D eigenvalue weighted by Crippen LogP contribution is -2.28. The van der Waals surface area contributed by atoms with E-state index in [1.54, 1.807) is 7.11 Å². The number of rotatable bonds is 6. The van der Waals surface area contributed by atoms with Gasteiger partial charge in [0.25, 0.3) is 0 Å². The van der Waals surface area contributed by atoms with Crippen LogP contribution in [0.3, 0.4) is 0 Å². The molecule has 2 aromatic rings. The van der Waals surface area contributed by atoms with E-state index in [2.05, 4.69) is 48.3 Å².